The summed E-state index contributed by atoms with van der Waals surface area (Å²) < 4.78 is 13.7. The van der Waals surface area contributed by atoms with Gasteiger partial charge in [-0.05, 0) is 75.0 Å². The molecule has 0 spiro atoms. The molecule has 5 rings (SSSR count). The van der Waals surface area contributed by atoms with Gasteiger partial charge in [-0.1, -0.05) is 65.2 Å². The Labute approximate surface area is 210 Å². The summed E-state index contributed by atoms with van der Waals surface area (Å²) in [5.41, 5.74) is 0. The zero-order valence-electron chi connectivity index (χ0n) is 22.5. The fraction of sp³-hybridized carbons (Fsp3) is 1.00. The third-order valence-corrected chi connectivity index (χ3v) is 10.1. The van der Waals surface area contributed by atoms with Crippen LogP contribution in [0.4, 0.5) is 0 Å². The Balaban J connectivity index is 1.19. The van der Waals surface area contributed by atoms with E-state index in [4.69, 9.17) is 9.47 Å². The van der Waals surface area contributed by atoms with Crippen LogP contribution in [0.15, 0.2) is 0 Å². The van der Waals surface area contributed by atoms with Gasteiger partial charge in [-0.2, -0.15) is 0 Å². The zero-order chi connectivity index (χ0) is 23.3. The van der Waals surface area contributed by atoms with E-state index in [1.807, 2.05) is 0 Å². The highest BCUT2D eigenvalue weighted by Crippen LogP contribution is 2.38. The van der Waals surface area contributed by atoms with Crippen LogP contribution in [0.5, 0.6) is 0 Å². The van der Waals surface area contributed by atoms with Gasteiger partial charge in [0.15, 0.2) is 0 Å². The standard InChI is InChI=1S/C30H54N2O2/c1-23-21-31-19-11-15-25-13-8-4-6-10-18-28-24(2)22-32-20-12-16-26(30(32)34-28)14-7-3-5-9-17-27(23)33-29(25)31/h23-30H,3-22H2,1-2H3/t23-,24+,25-,26-,27-,28-,29+,30+/m1/s1. The minimum Gasteiger partial charge on any atom is -0.359 e. The van der Waals surface area contributed by atoms with Crippen molar-refractivity contribution in [1.29, 1.82) is 0 Å². The van der Waals surface area contributed by atoms with Crippen molar-refractivity contribution in [3.63, 3.8) is 0 Å². The molecule has 5 aliphatic rings. The fourth-order valence-electron chi connectivity index (χ4n) is 8.13. The van der Waals surface area contributed by atoms with Crippen LogP contribution in [-0.2, 0) is 9.47 Å². The Hall–Kier alpha value is -0.160. The van der Waals surface area contributed by atoms with Gasteiger partial charge >= 0.3 is 0 Å². The smallest absolute Gasteiger partial charge is 0.113 e. The molecule has 0 aromatic carbocycles. The number of rotatable bonds is 0. The van der Waals surface area contributed by atoms with Crippen LogP contribution < -0.4 is 0 Å². The maximum atomic E-state index is 6.87. The predicted molar refractivity (Wildman–Crippen MR) is 140 cm³/mol. The van der Waals surface area contributed by atoms with E-state index in [2.05, 4.69) is 23.6 Å². The maximum absolute atomic E-state index is 6.87. The molecule has 5 heterocycles. The molecule has 0 aliphatic carbocycles. The van der Waals surface area contributed by atoms with Gasteiger partial charge < -0.3 is 9.47 Å². The van der Waals surface area contributed by atoms with Crippen LogP contribution in [0, 0.1) is 23.7 Å². The highest BCUT2D eigenvalue weighted by Gasteiger charge is 2.41. The van der Waals surface area contributed by atoms with Crippen molar-refractivity contribution in [2.45, 2.75) is 141 Å². The molecule has 0 aromatic heterocycles. The lowest BCUT2D eigenvalue weighted by Crippen LogP contribution is -2.56. The summed E-state index contributed by atoms with van der Waals surface area (Å²) in [6, 6.07) is 0. The Morgan fingerprint density at radius 1 is 0.471 bits per heavy atom. The highest BCUT2D eigenvalue weighted by molar-refractivity contribution is 4.88. The first kappa shape index (κ1) is 25.5. The first-order chi connectivity index (χ1) is 16.7. The summed E-state index contributed by atoms with van der Waals surface area (Å²) in [6.07, 6.45) is 23.7. The molecule has 0 saturated carbocycles. The van der Waals surface area contributed by atoms with E-state index in [1.165, 1.54) is 129 Å². The van der Waals surface area contributed by atoms with Gasteiger partial charge in [-0.3, -0.25) is 9.80 Å². The highest BCUT2D eigenvalue weighted by atomic mass is 16.5. The number of nitrogens with zero attached hydrogens (tertiary/aromatic N) is 2. The Morgan fingerprint density at radius 2 is 0.853 bits per heavy atom. The molecule has 4 nitrogen and oxygen atoms in total. The second-order valence-electron chi connectivity index (χ2n) is 12.9. The van der Waals surface area contributed by atoms with Gasteiger partial charge in [0.2, 0.25) is 0 Å². The van der Waals surface area contributed by atoms with E-state index in [1.54, 1.807) is 0 Å². The van der Waals surface area contributed by atoms with Crippen molar-refractivity contribution >= 4 is 0 Å². The first-order valence-corrected chi connectivity index (χ1v) is 15.5. The molecule has 4 bridgehead atoms. The molecular formula is C30H54N2O2. The maximum Gasteiger partial charge on any atom is 0.113 e. The Kier molecular flexibility index (Phi) is 9.29. The van der Waals surface area contributed by atoms with Crippen molar-refractivity contribution in [2.24, 2.45) is 23.7 Å². The Morgan fingerprint density at radius 3 is 1.29 bits per heavy atom. The minimum atomic E-state index is 0.420. The summed E-state index contributed by atoms with van der Waals surface area (Å²) in [5.74, 6) is 2.93. The monoisotopic (exact) mass is 474 g/mol. The van der Waals surface area contributed by atoms with E-state index in [0.29, 0.717) is 36.5 Å². The summed E-state index contributed by atoms with van der Waals surface area (Å²) in [7, 11) is 0. The average Bonchev–Trinajstić information content (AvgIpc) is 2.83. The summed E-state index contributed by atoms with van der Waals surface area (Å²) in [5, 5.41) is 0. The fourth-order valence-corrected chi connectivity index (χ4v) is 8.13. The van der Waals surface area contributed by atoms with Gasteiger partial charge in [0.25, 0.3) is 0 Å². The molecule has 0 unspecified atom stereocenters. The largest absolute Gasteiger partial charge is 0.359 e. The third-order valence-electron chi connectivity index (χ3n) is 10.1. The van der Waals surface area contributed by atoms with Crippen LogP contribution >= 0.6 is 0 Å². The van der Waals surface area contributed by atoms with Gasteiger partial charge in [0.1, 0.15) is 12.5 Å². The van der Waals surface area contributed by atoms with Gasteiger partial charge in [-0.25, -0.2) is 0 Å². The van der Waals surface area contributed by atoms with Gasteiger partial charge in [-0.15, -0.1) is 0 Å². The average molecular weight is 475 g/mol. The van der Waals surface area contributed by atoms with Crippen LogP contribution in [-0.4, -0.2) is 60.6 Å². The summed E-state index contributed by atoms with van der Waals surface area (Å²) >= 11 is 0. The molecule has 5 aliphatic heterocycles. The molecule has 5 fully saturated rings. The lowest BCUT2D eigenvalue weighted by molar-refractivity contribution is -0.202. The molecule has 0 radical (unpaired) electrons. The van der Waals surface area contributed by atoms with E-state index in [-0.39, 0.29) is 0 Å². The molecule has 196 valence electrons. The number of ether oxygens (including phenoxy) is 2. The first-order valence-electron chi connectivity index (χ1n) is 15.5. The molecule has 4 heteroatoms. The van der Waals surface area contributed by atoms with Gasteiger partial charge in [0.05, 0.1) is 12.2 Å². The van der Waals surface area contributed by atoms with E-state index >= 15 is 0 Å². The molecule has 0 aromatic rings. The SMILES string of the molecule is C[C@@H]1CN2CCC[C@H]3CCCCCC[C@H]4O[C@H]5[C@H](CCCCCC[C@H]1O[C@@H]32)CCCN5C[C@@H]4C. The number of piperidine rings is 2. The minimum absolute atomic E-state index is 0.420. The molecular weight excluding hydrogens is 420 g/mol. The topological polar surface area (TPSA) is 24.9 Å². The van der Waals surface area contributed by atoms with Crippen molar-refractivity contribution in [1.82, 2.24) is 9.80 Å². The quantitative estimate of drug-likeness (QED) is 0.384. The molecule has 5 saturated heterocycles. The van der Waals surface area contributed by atoms with Crippen LogP contribution in [0.1, 0.15) is 117 Å². The number of hydrogen-bond acceptors (Lipinski definition) is 4. The molecule has 0 amide bonds. The summed E-state index contributed by atoms with van der Waals surface area (Å²) in [4.78, 5) is 5.40. The number of hydrogen-bond donors (Lipinski definition) is 0. The molecule has 8 atom stereocenters. The van der Waals surface area contributed by atoms with Crippen molar-refractivity contribution < 1.29 is 9.47 Å². The molecule has 34 heavy (non-hydrogen) atoms. The molecule has 0 N–H and O–H groups in total. The Bertz CT molecular complexity index is 563. The van der Waals surface area contributed by atoms with Crippen LogP contribution in [0.2, 0.25) is 0 Å². The second-order valence-corrected chi connectivity index (χ2v) is 12.9. The van der Waals surface area contributed by atoms with Gasteiger partial charge in [0, 0.05) is 26.2 Å². The van der Waals surface area contributed by atoms with E-state index in [0.717, 1.165) is 11.8 Å². The van der Waals surface area contributed by atoms with E-state index in [9.17, 15) is 0 Å². The second kappa shape index (κ2) is 12.4. The third kappa shape index (κ3) is 6.21. The van der Waals surface area contributed by atoms with Crippen molar-refractivity contribution in [3.05, 3.63) is 0 Å². The lowest BCUT2D eigenvalue weighted by Gasteiger charge is -2.49. The van der Waals surface area contributed by atoms with E-state index < -0.39 is 0 Å². The predicted octanol–water partition coefficient (Wildman–Crippen LogP) is 6.83. The van der Waals surface area contributed by atoms with Crippen LogP contribution in [0.25, 0.3) is 0 Å². The van der Waals surface area contributed by atoms with Crippen molar-refractivity contribution in [2.75, 3.05) is 26.2 Å². The van der Waals surface area contributed by atoms with Crippen LogP contribution in [0.3, 0.4) is 0 Å². The number of fused-ring (bicyclic) bond motifs is 2. The van der Waals surface area contributed by atoms with Crippen molar-refractivity contribution in [3.8, 4) is 0 Å². The lowest BCUT2D eigenvalue weighted by atomic mass is 9.85. The zero-order valence-corrected chi connectivity index (χ0v) is 22.5. The summed E-state index contributed by atoms with van der Waals surface area (Å²) in [6.45, 7) is 9.94. The normalized spacial score (nSPS) is 44.3.